The van der Waals surface area contributed by atoms with Crippen molar-refractivity contribution >= 4 is 17.4 Å². The third-order valence-corrected chi connectivity index (χ3v) is 3.60. The maximum atomic E-state index is 12.4. The van der Waals surface area contributed by atoms with Crippen LogP contribution in [0.3, 0.4) is 0 Å². The lowest BCUT2D eigenvalue weighted by molar-refractivity contribution is -0.120. The number of hydrogen-bond donors (Lipinski definition) is 2. The Morgan fingerprint density at radius 3 is 2.70 bits per heavy atom. The zero-order valence-electron chi connectivity index (χ0n) is 13.2. The van der Waals surface area contributed by atoms with Gasteiger partial charge in [0.2, 0.25) is 5.91 Å². The highest BCUT2D eigenvalue weighted by atomic mass is 16.2. The topological polar surface area (TPSA) is 59.0 Å². The van der Waals surface area contributed by atoms with Gasteiger partial charge in [-0.1, -0.05) is 34.1 Å². The number of nitrogens with one attached hydrogen (secondary N) is 2. The zero-order chi connectivity index (χ0) is 14.9. The molecule has 0 saturated carbocycles. The Hall–Kier alpha value is -1.52. The van der Waals surface area contributed by atoms with Gasteiger partial charge in [-0.05, 0) is 18.3 Å². The molecule has 0 aromatic carbocycles. The second kappa shape index (κ2) is 5.46. The molecular formula is C15H26N4O. The molecule has 2 heterocycles. The van der Waals surface area contributed by atoms with Gasteiger partial charge in [-0.2, -0.15) is 5.10 Å². The summed E-state index contributed by atoms with van der Waals surface area (Å²) in [6.07, 6.45) is 2.77. The van der Waals surface area contributed by atoms with Crippen LogP contribution in [0.4, 0.5) is 11.5 Å². The smallest absolute Gasteiger partial charge is 0.229 e. The van der Waals surface area contributed by atoms with Crippen molar-refractivity contribution in [2.45, 2.75) is 47.0 Å². The lowest BCUT2D eigenvalue weighted by atomic mass is 9.84. The standard InChI is InChI=1S/C15H26N4O/c1-6-7-11-12-13(19(5)18-11)16-9-10(14(20)17-12)8-15(2,3)4/h10,16H,6-9H2,1-5H3,(H,17,20). The number of rotatable bonds is 3. The van der Waals surface area contributed by atoms with Crippen molar-refractivity contribution < 1.29 is 4.79 Å². The molecule has 20 heavy (non-hydrogen) atoms. The summed E-state index contributed by atoms with van der Waals surface area (Å²) in [6, 6.07) is 0. The van der Waals surface area contributed by atoms with Gasteiger partial charge in [0.1, 0.15) is 11.5 Å². The first-order chi connectivity index (χ1) is 9.31. The number of carbonyl (C=O) groups excluding carboxylic acids is 1. The number of nitrogens with zero attached hydrogens (tertiary/aromatic N) is 2. The average molecular weight is 278 g/mol. The average Bonchev–Trinajstić information content (AvgIpc) is 2.51. The summed E-state index contributed by atoms with van der Waals surface area (Å²) in [5.41, 5.74) is 1.99. The van der Waals surface area contributed by atoms with Gasteiger partial charge >= 0.3 is 0 Å². The van der Waals surface area contributed by atoms with E-state index in [2.05, 4.69) is 43.4 Å². The molecule has 5 nitrogen and oxygen atoms in total. The number of hydrogen-bond acceptors (Lipinski definition) is 3. The lowest BCUT2D eigenvalue weighted by Crippen LogP contribution is -2.30. The third kappa shape index (κ3) is 3.14. The van der Waals surface area contributed by atoms with Gasteiger partial charge in [0, 0.05) is 13.6 Å². The number of anilines is 2. The molecule has 1 aromatic rings. The first-order valence-corrected chi connectivity index (χ1v) is 7.42. The molecule has 0 fully saturated rings. The van der Waals surface area contributed by atoms with Crippen molar-refractivity contribution in [3.05, 3.63) is 5.69 Å². The number of fused-ring (bicyclic) bond motifs is 1. The van der Waals surface area contributed by atoms with E-state index in [1.54, 1.807) is 0 Å². The Labute approximate surface area is 121 Å². The largest absolute Gasteiger partial charge is 0.368 e. The van der Waals surface area contributed by atoms with Gasteiger partial charge in [-0.25, -0.2) is 0 Å². The summed E-state index contributed by atoms with van der Waals surface area (Å²) in [5.74, 6) is 1.03. The quantitative estimate of drug-likeness (QED) is 0.894. The normalized spacial score (nSPS) is 19.1. The molecule has 1 unspecified atom stereocenters. The minimum absolute atomic E-state index is 0.00289. The fraction of sp³-hybridized carbons (Fsp3) is 0.733. The van der Waals surface area contributed by atoms with Crippen molar-refractivity contribution in [2.24, 2.45) is 18.4 Å². The lowest BCUT2D eigenvalue weighted by Gasteiger charge is -2.24. The molecule has 0 aliphatic carbocycles. The molecule has 1 atom stereocenters. The van der Waals surface area contributed by atoms with E-state index in [1.807, 2.05) is 11.7 Å². The molecule has 0 radical (unpaired) electrons. The fourth-order valence-electron chi connectivity index (χ4n) is 2.77. The SMILES string of the molecule is CCCc1nn(C)c2c1NC(=O)C(CC(C)(C)C)CN2. The van der Waals surface area contributed by atoms with E-state index < -0.39 is 0 Å². The van der Waals surface area contributed by atoms with Crippen molar-refractivity contribution in [3.63, 3.8) is 0 Å². The molecule has 0 saturated heterocycles. The summed E-state index contributed by atoms with van der Waals surface area (Å²) in [7, 11) is 1.92. The first-order valence-electron chi connectivity index (χ1n) is 7.42. The van der Waals surface area contributed by atoms with Crippen LogP contribution in [0.2, 0.25) is 0 Å². The Morgan fingerprint density at radius 1 is 1.40 bits per heavy atom. The highest BCUT2D eigenvalue weighted by Gasteiger charge is 2.30. The van der Waals surface area contributed by atoms with E-state index in [1.165, 1.54) is 0 Å². The van der Waals surface area contributed by atoms with Crippen LogP contribution in [0.5, 0.6) is 0 Å². The minimum atomic E-state index is -0.00289. The second-order valence-corrected chi connectivity index (χ2v) is 6.88. The van der Waals surface area contributed by atoms with Gasteiger partial charge in [-0.3, -0.25) is 9.48 Å². The Bertz CT molecular complexity index is 499. The molecule has 1 aliphatic rings. The predicted octanol–water partition coefficient (Wildman–Crippen LogP) is 2.79. The zero-order valence-corrected chi connectivity index (χ0v) is 13.2. The van der Waals surface area contributed by atoms with Crippen LogP contribution in [0, 0.1) is 11.3 Å². The number of aryl methyl sites for hydroxylation is 2. The van der Waals surface area contributed by atoms with Gasteiger partial charge in [0.15, 0.2) is 0 Å². The van der Waals surface area contributed by atoms with Crippen LogP contribution in [0.25, 0.3) is 0 Å². The van der Waals surface area contributed by atoms with Gasteiger partial charge in [0.25, 0.3) is 0 Å². The van der Waals surface area contributed by atoms with Crippen molar-refractivity contribution in [1.82, 2.24) is 9.78 Å². The van der Waals surface area contributed by atoms with E-state index in [9.17, 15) is 4.79 Å². The fourth-order valence-corrected chi connectivity index (χ4v) is 2.77. The molecule has 2 rings (SSSR count). The first kappa shape index (κ1) is 14.9. The summed E-state index contributed by atoms with van der Waals surface area (Å²) >= 11 is 0. The maximum absolute atomic E-state index is 12.4. The van der Waals surface area contributed by atoms with Crippen molar-refractivity contribution in [2.75, 3.05) is 17.2 Å². The third-order valence-electron chi connectivity index (χ3n) is 3.60. The molecule has 5 heteroatoms. The van der Waals surface area contributed by atoms with Crippen LogP contribution in [0.1, 0.15) is 46.2 Å². The maximum Gasteiger partial charge on any atom is 0.229 e. The molecule has 1 amide bonds. The van der Waals surface area contributed by atoms with Gasteiger partial charge < -0.3 is 10.6 Å². The molecular weight excluding hydrogens is 252 g/mol. The predicted molar refractivity (Wildman–Crippen MR) is 81.9 cm³/mol. The van der Waals surface area contributed by atoms with Crippen LogP contribution >= 0.6 is 0 Å². The second-order valence-electron chi connectivity index (χ2n) is 6.88. The molecule has 0 spiro atoms. The summed E-state index contributed by atoms with van der Waals surface area (Å²) in [5, 5.41) is 11.0. The number of carbonyl (C=O) groups is 1. The van der Waals surface area contributed by atoms with E-state index in [0.29, 0.717) is 6.54 Å². The molecule has 0 bridgehead atoms. The highest BCUT2D eigenvalue weighted by molar-refractivity contribution is 5.97. The Kier molecular flexibility index (Phi) is 4.06. The van der Waals surface area contributed by atoms with Crippen LogP contribution in [-0.4, -0.2) is 22.2 Å². The van der Waals surface area contributed by atoms with Crippen LogP contribution in [-0.2, 0) is 18.3 Å². The van der Waals surface area contributed by atoms with Crippen LogP contribution < -0.4 is 10.6 Å². The van der Waals surface area contributed by atoms with Crippen molar-refractivity contribution in [1.29, 1.82) is 0 Å². The number of amides is 1. The molecule has 112 valence electrons. The molecule has 2 N–H and O–H groups in total. The monoisotopic (exact) mass is 278 g/mol. The van der Waals surface area contributed by atoms with Crippen molar-refractivity contribution in [3.8, 4) is 0 Å². The Morgan fingerprint density at radius 2 is 2.10 bits per heavy atom. The van der Waals surface area contributed by atoms with Crippen LogP contribution in [0.15, 0.2) is 0 Å². The Balaban J connectivity index is 2.23. The number of aromatic nitrogens is 2. The highest BCUT2D eigenvalue weighted by Crippen LogP contribution is 2.32. The minimum Gasteiger partial charge on any atom is -0.368 e. The van der Waals surface area contributed by atoms with Gasteiger partial charge in [-0.15, -0.1) is 0 Å². The summed E-state index contributed by atoms with van der Waals surface area (Å²) in [4.78, 5) is 12.4. The summed E-state index contributed by atoms with van der Waals surface area (Å²) < 4.78 is 1.83. The summed E-state index contributed by atoms with van der Waals surface area (Å²) in [6.45, 7) is 9.30. The van der Waals surface area contributed by atoms with Gasteiger partial charge in [0.05, 0.1) is 11.6 Å². The van der Waals surface area contributed by atoms with E-state index >= 15 is 0 Å². The van der Waals surface area contributed by atoms with E-state index in [-0.39, 0.29) is 17.2 Å². The molecule has 1 aromatic heterocycles. The van der Waals surface area contributed by atoms with E-state index in [0.717, 1.165) is 36.5 Å². The molecule has 1 aliphatic heterocycles. The van der Waals surface area contributed by atoms with E-state index in [4.69, 9.17) is 0 Å².